The van der Waals surface area contributed by atoms with E-state index in [2.05, 4.69) is 10.6 Å². The predicted molar refractivity (Wildman–Crippen MR) is 86.3 cm³/mol. The second-order valence-electron chi connectivity index (χ2n) is 6.30. The molecule has 0 saturated carbocycles. The zero-order valence-electron chi connectivity index (χ0n) is 14.0. The number of benzene rings is 1. The minimum atomic E-state index is -0.652. The van der Waals surface area contributed by atoms with Crippen molar-refractivity contribution in [2.45, 2.75) is 45.3 Å². The highest BCUT2D eigenvalue weighted by Gasteiger charge is 2.31. The third-order valence-corrected chi connectivity index (χ3v) is 3.49. The highest BCUT2D eigenvalue weighted by atomic mass is 16.5. The van der Waals surface area contributed by atoms with Crippen molar-refractivity contribution in [1.29, 1.82) is 0 Å². The molecule has 2 N–H and O–H groups in total. The second kappa shape index (κ2) is 7.40. The fraction of sp³-hybridized carbons (Fsp3) is 0.529. The van der Waals surface area contributed by atoms with Gasteiger partial charge in [-0.3, -0.25) is 9.59 Å². The number of rotatable bonds is 5. The third kappa shape index (κ3) is 4.84. The molecule has 1 aromatic carbocycles. The average molecular weight is 306 g/mol. The SMILES string of the molecule is CCC(CNC(=O)C(=O)NC(C)(C)C)(OC)c1ccccc1. The lowest BCUT2D eigenvalue weighted by Gasteiger charge is -2.32. The van der Waals surface area contributed by atoms with E-state index in [-0.39, 0.29) is 6.54 Å². The zero-order valence-corrected chi connectivity index (χ0v) is 14.0. The van der Waals surface area contributed by atoms with Crippen molar-refractivity contribution in [3.05, 3.63) is 35.9 Å². The van der Waals surface area contributed by atoms with Crippen LogP contribution in [0, 0.1) is 0 Å². The van der Waals surface area contributed by atoms with E-state index in [0.717, 1.165) is 5.56 Å². The minimum Gasteiger partial charge on any atom is -0.372 e. The molecule has 0 spiro atoms. The number of hydrogen-bond donors (Lipinski definition) is 2. The zero-order chi connectivity index (χ0) is 16.8. The van der Waals surface area contributed by atoms with Gasteiger partial charge in [0.25, 0.3) is 0 Å². The van der Waals surface area contributed by atoms with Gasteiger partial charge in [-0.15, -0.1) is 0 Å². The second-order valence-corrected chi connectivity index (χ2v) is 6.30. The molecule has 122 valence electrons. The van der Waals surface area contributed by atoms with Gasteiger partial charge in [-0.1, -0.05) is 37.3 Å². The van der Waals surface area contributed by atoms with E-state index in [1.54, 1.807) is 7.11 Å². The monoisotopic (exact) mass is 306 g/mol. The first-order valence-electron chi connectivity index (χ1n) is 7.45. The Balaban J connectivity index is 2.78. The molecule has 0 radical (unpaired) electrons. The molecule has 0 aliphatic rings. The summed E-state index contributed by atoms with van der Waals surface area (Å²) in [6.45, 7) is 7.70. The Kier molecular flexibility index (Phi) is 6.11. The topological polar surface area (TPSA) is 67.4 Å². The fourth-order valence-electron chi connectivity index (χ4n) is 2.21. The first kappa shape index (κ1) is 18.2. The summed E-state index contributed by atoms with van der Waals surface area (Å²) in [6, 6.07) is 9.68. The summed E-state index contributed by atoms with van der Waals surface area (Å²) in [4.78, 5) is 23.8. The maximum atomic E-state index is 12.0. The molecule has 22 heavy (non-hydrogen) atoms. The van der Waals surface area contributed by atoms with E-state index in [1.807, 2.05) is 58.0 Å². The molecule has 5 nitrogen and oxygen atoms in total. The van der Waals surface area contributed by atoms with E-state index in [0.29, 0.717) is 6.42 Å². The van der Waals surface area contributed by atoms with Gasteiger partial charge in [0.1, 0.15) is 5.60 Å². The molecular formula is C17H26N2O3. The molecule has 1 unspecified atom stereocenters. The molecule has 0 bridgehead atoms. The van der Waals surface area contributed by atoms with Crippen LogP contribution in [0.4, 0.5) is 0 Å². The lowest BCUT2D eigenvalue weighted by atomic mass is 9.90. The van der Waals surface area contributed by atoms with Gasteiger partial charge in [-0.25, -0.2) is 0 Å². The number of amides is 2. The van der Waals surface area contributed by atoms with Crippen molar-refractivity contribution in [2.75, 3.05) is 13.7 Å². The van der Waals surface area contributed by atoms with Crippen LogP contribution in [0.5, 0.6) is 0 Å². The minimum absolute atomic E-state index is 0.237. The van der Waals surface area contributed by atoms with Crippen LogP contribution in [0.3, 0.4) is 0 Å². The van der Waals surface area contributed by atoms with Crippen molar-refractivity contribution in [1.82, 2.24) is 10.6 Å². The Bertz CT molecular complexity index is 502. The average Bonchev–Trinajstić information content (AvgIpc) is 2.48. The van der Waals surface area contributed by atoms with Crippen molar-refractivity contribution in [3.8, 4) is 0 Å². The van der Waals surface area contributed by atoms with Crippen LogP contribution in [0.15, 0.2) is 30.3 Å². The van der Waals surface area contributed by atoms with Crippen LogP contribution >= 0.6 is 0 Å². The van der Waals surface area contributed by atoms with Gasteiger partial charge in [0.05, 0.1) is 6.54 Å². The van der Waals surface area contributed by atoms with Crippen LogP contribution in [-0.2, 0) is 19.9 Å². The van der Waals surface area contributed by atoms with Crippen molar-refractivity contribution in [2.24, 2.45) is 0 Å². The van der Waals surface area contributed by atoms with Crippen LogP contribution < -0.4 is 10.6 Å². The Labute approximate surface area is 132 Å². The van der Waals surface area contributed by atoms with Crippen LogP contribution in [0.1, 0.15) is 39.7 Å². The number of carbonyl (C=O) groups is 2. The Hall–Kier alpha value is -1.88. The van der Waals surface area contributed by atoms with Crippen molar-refractivity contribution >= 4 is 11.8 Å². The maximum Gasteiger partial charge on any atom is 0.309 e. The largest absolute Gasteiger partial charge is 0.372 e. The summed E-state index contributed by atoms with van der Waals surface area (Å²) in [7, 11) is 1.61. The fourth-order valence-corrected chi connectivity index (χ4v) is 2.21. The van der Waals surface area contributed by atoms with E-state index >= 15 is 0 Å². The Morgan fingerprint density at radius 1 is 1.09 bits per heavy atom. The van der Waals surface area contributed by atoms with Gasteiger partial charge < -0.3 is 15.4 Å². The Morgan fingerprint density at radius 2 is 1.68 bits per heavy atom. The number of ether oxygens (including phenoxy) is 1. The lowest BCUT2D eigenvalue weighted by molar-refractivity contribution is -0.141. The molecule has 0 aliphatic heterocycles. The summed E-state index contributed by atoms with van der Waals surface area (Å²) >= 11 is 0. The third-order valence-electron chi connectivity index (χ3n) is 3.49. The van der Waals surface area contributed by atoms with Gasteiger partial charge >= 0.3 is 11.8 Å². The predicted octanol–water partition coefficient (Wildman–Crippen LogP) is 1.97. The summed E-state index contributed by atoms with van der Waals surface area (Å²) in [5, 5.41) is 5.31. The van der Waals surface area contributed by atoms with Crippen LogP contribution in [0.2, 0.25) is 0 Å². The van der Waals surface area contributed by atoms with E-state index < -0.39 is 23.0 Å². The molecule has 0 saturated heterocycles. The normalized spacial score (nSPS) is 14.0. The summed E-state index contributed by atoms with van der Waals surface area (Å²) < 4.78 is 5.66. The van der Waals surface area contributed by atoms with E-state index in [1.165, 1.54) is 0 Å². The number of methoxy groups -OCH3 is 1. The van der Waals surface area contributed by atoms with Gasteiger partial charge in [0.15, 0.2) is 0 Å². The molecule has 0 aromatic heterocycles. The summed E-state index contributed by atoms with van der Waals surface area (Å²) in [5.41, 5.74) is -0.118. The number of hydrogen-bond acceptors (Lipinski definition) is 3. The van der Waals surface area contributed by atoms with Gasteiger partial charge in [-0.05, 0) is 32.8 Å². The maximum absolute atomic E-state index is 12.0. The molecule has 1 aromatic rings. The number of carbonyl (C=O) groups excluding carboxylic acids is 2. The first-order chi connectivity index (χ1) is 10.2. The molecule has 1 atom stereocenters. The highest BCUT2D eigenvalue weighted by molar-refractivity contribution is 6.35. The first-order valence-corrected chi connectivity index (χ1v) is 7.45. The van der Waals surface area contributed by atoms with Gasteiger partial charge in [0.2, 0.25) is 0 Å². The molecule has 1 rings (SSSR count). The summed E-state index contributed by atoms with van der Waals surface area (Å²) in [6.07, 6.45) is 0.675. The molecular weight excluding hydrogens is 280 g/mol. The number of nitrogens with one attached hydrogen (secondary N) is 2. The van der Waals surface area contributed by atoms with Crippen LogP contribution in [0.25, 0.3) is 0 Å². The highest BCUT2D eigenvalue weighted by Crippen LogP contribution is 2.27. The van der Waals surface area contributed by atoms with E-state index in [9.17, 15) is 9.59 Å². The molecule has 0 fully saturated rings. The standard InChI is InChI=1S/C17H26N2O3/c1-6-17(22-5,13-10-8-7-9-11-13)12-18-14(20)15(21)19-16(2,3)4/h7-11H,6,12H2,1-5H3,(H,18,20)(H,19,21). The summed E-state index contributed by atoms with van der Waals surface area (Å²) in [5.74, 6) is -1.29. The van der Waals surface area contributed by atoms with Crippen molar-refractivity contribution in [3.63, 3.8) is 0 Å². The van der Waals surface area contributed by atoms with E-state index in [4.69, 9.17) is 4.74 Å². The van der Waals surface area contributed by atoms with Crippen LogP contribution in [-0.4, -0.2) is 31.0 Å². The quantitative estimate of drug-likeness (QED) is 0.817. The van der Waals surface area contributed by atoms with Gasteiger partial charge in [0, 0.05) is 12.6 Å². The molecule has 0 aliphatic carbocycles. The smallest absolute Gasteiger partial charge is 0.309 e. The molecule has 0 heterocycles. The van der Waals surface area contributed by atoms with Crippen molar-refractivity contribution < 1.29 is 14.3 Å². The Morgan fingerprint density at radius 3 is 2.14 bits per heavy atom. The lowest BCUT2D eigenvalue weighted by Crippen LogP contribution is -2.51. The van der Waals surface area contributed by atoms with Gasteiger partial charge in [-0.2, -0.15) is 0 Å². The molecule has 5 heteroatoms. The molecule has 2 amide bonds.